The largest absolute Gasteiger partial charge is 0.396 e. The quantitative estimate of drug-likeness (QED) is 0.372. The Kier molecular flexibility index (Phi) is 7.93. The number of aliphatic hydroxyl groups is 1. The van der Waals surface area contributed by atoms with Crippen molar-refractivity contribution in [1.82, 2.24) is 9.88 Å². The fourth-order valence-electron chi connectivity index (χ4n) is 4.75. The molecule has 8 heteroatoms. The van der Waals surface area contributed by atoms with Gasteiger partial charge < -0.3 is 19.7 Å². The van der Waals surface area contributed by atoms with E-state index in [4.69, 9.17) is 4.74 Å². The number of ether oxygens (including phenoxy) is 1. The molecule has 0 bridgehead atoms. The van der Waals surface area contributed by atoms with Gasteiger partial charge in [-0.2, -0.15) is 0 Å². The lowest BCUT2D eigenvalue weighted by atomic mass is 10.1. The molecule has 0 spiro atoms. The third-order valence-corrected chi connectivity index (χ3v) is 6.81. The number of nitrogens with one attached hydrogen (secondary N) is 1. The van der Waals surface area contributed by atoms with Gasteiger partial charge in [0.05, 0.1) is 19.8 Å². The fourth-order valence-corrected chi connectivity index (χ4v) is 4.75. The van der Waals surface area contributed by atoms with Gasteiger partial charge in [0.1, 0.15) is 11.4 Å². The maximum absolute atomic E-state index is 13.9. The summed E-state index contributed by atoms with van der Waals surface area (Å²) in [6, 6.07) is 19.0. The fraction of sp³-hybridized carbons (Fsp3) is 0.267. The van der Waals surface area contributed by atoms with Gasteiger partial charge >= 0.3 is 0 Å². The lowest BCUT2D eigenvalue weighted by Crippen LogP contribution is -2.35. The van der Waals surface area contributed by atoms with E-state index >= 15 is 0 Å². The number of hydrogen-bond acceptors (Lipinski definition) is 5. The van der Waals surface area contributed by atoms with Crippen LogP contribution >= 0.6 is 0 Å². The molecule has 7 nitrogen and oxygen atoms in total. The van der Waals surface area contributed by atoms with Gasteiger partial charge in [-0.05, 0) is 59.5 Å². The molecule has 0 aliphatic carbocycles. The predicted molar refractivity (Wildman–Crippen MR) is 145 cm³/mol. The highest BCUT2D eigenvalue weighted by Crippen LogP contribution is 2.23. The van der Waals surface area contributed by atoms with Crippen LogP contribution in [0.2, 0.25) is 0 Å². The SMILES string of the molecule is O=C(c1c[nH]c2ccc(CN3CCOCC3)cc2c1=O)N(Cc1ccc(F)cc1)c1cccc(CCO)c1. The maximum atomic E-state index is 13.9. The molecule has 0 unspecified atom stereocenters. The van der Waals surface area contributed by atoms with Gasteiger partial charge in [0.2, 0.25) is 5.43 Å². The number of morpholine rings is 1. The van der Waals surface area contributed by atoms with Crippen LogP contribution < -0.4 is 10.3 Å². The summed E-state index contributed by atoms with van der Waals surface area (Å²) >= 11 is 0. The van der Waals surface area contributed by atoms with Crippen LogP contribution in [0.5, 0.6) is 0 Å². The number of anilines is 1. The summed E-state index contributed by atoms with van der Waals surface area (Å²) in [4.78, 5) is 34.5. The van der Waals surface area contributed by atoms with Crippen LogP contribution in [0, 0.1) is 5.82 Å². The third kappa shape index (κ3) is 5.83. The molecular weight excluding hydrogens is 485 g/mol. The number of aromatic amines is 1. The zero-order valence-corrected chi connectivity index (χ0v) is 21.0. The smallest absolute Gasteiger partial charge is 0.264 e. The summed E-state index contributed by atoms with van der Waals surface area (Å²) in [5.41, 5.74) is 3.51. The molecule has 1 aliphatic rings. The topological polar surface area (TPSA) is 85.9 Å². The number of hydrogen-bond donors (Lipinski definition) is 2. The van der Waals surface area contributed by atoms with Crippen molar-refractivity contribution in [3.05, 3.63) is 111 Å². The Morgan fingerprint density at radius 2 is 1.76 bits per heavy atom. The molecule has 3 aromatic carbocycles. The van der Waals surface area contributed by atoms with E-state index in [1.807, 2.05) is 36.4 Å². The van der Waals surface area contributed by atoms with E-state index in [0.29, 0.717) is 42.8 Å². The molecule has 1 fully saturated rings. The van der Waals surface area contributed by atoms with Crippen LogP contribution in [0.4, 0.5) is 10.1 Å². The number of H-pyrrole nitrogens is 1. The summed E-state index contributed by atoms with van der Waals surface area (Å²) < 4.78 is 19.0. The number of carbonyl (C=O) groups excluding carboxylic acids is 1. The summed E-state index contributed by atoms with van der Waals surface area (Å²) in [7, 11) is 0. The number of aliphatic hydroxyl groups excluding tert-OH is 1. The van der Waals surface area contributed by atoms with Gasteiger partial charge in [-0.1, -0.05) is 30.3 Å². The van der Waals surface area contributed by atoms with Crippen LogP contribution in [0.25, 0.3) is 10.9 Å². The molecule has 0 saturated carbocycles. The standard InChI is InChI=1S/C30H30FN3O4/c31-24-7-4-22(5-8-24)20-34(25-3-1-2-21(16-25)10-13-35)30(37)27-18-32-28-9-6-23(17-26(28)29(27)36)19-33-11-14-38-15-12-33/h1-9,16-18,35H,10-15,19-20H2,(H,32,36). The molecule has 1 aromatic heterocycles. The number of halogens is 1. The van der Waals surface area contributed by atoms with Crippen molar-refractivity contribution in [1.29, 1.82) is 0 Å². The van der Waals surface area contributed by atoms with Crippen molar-refractivity contribution in [2.75, 3.05) is 37.8 Å². The highest BCUT2D eigenvalue weighted by atomic mass is 19.1. The molecule has 2 heterocycles. The number of pyridine rings is 1. The van der Waals surface area contributed by atoms with Crippen molar-refractivity contribution in [3.63, 3.8) is 0 Å². The third-order valence-electron chi connectivity index (χ3n) is 6.81. The molecule has 38 heavy (non-hydrogen) atoms. The van der Waals surface area contributed by atoms with Crippen molar-refractivity contribution < 1.29 is 19.0 Å². The molecule has 4 aromatic rings. The normalized spacial score (nSPS) is 14.1. The Morgan fingerprint density at radius 3 is 2.53 bits per heavy atom. The Morgan fingerprint density at radius 1 is 1.00 bits per heavy atom. The van der Waals surface area contributed by atoms with Crippen LogP contribution in [0.15, 0.2) is 77.7 Å². The van der Waals surface area contributed by atoms with Gasteiger partial charge in [0, 0.05) is 49.0 Å². The number of carbonyl (C=O) groups is 1. The average molecular weight is 516 g/mol. The zero-order chi connectivity index (χ0) is 26.5. The lowest BCUT2D eigenvalue weighted by Gasteiger charge is -2.26. The van der Waals surface area contributed by atoms with Crippen molar-refractivity contribution in [3.8, 4) is 0 Å². The lowest BCUT2D eigenvalue weighted by molar-refractivity contribution is 0.0342. The van der Waals surface area contributed by atoms with Crippen molar-refractivity contribution >= 4 is 22.5 Å². The number of nitrogens with zero attached hydrogens (tertiary/aromatic N) is 2. The van der Waals surface area contributed by atoms with Gasteiger partial charge in [-0.15, -0.1) is 0 Å². The first-order valence-electron chi connectivity index (χ1n) is 12.7. The highest BCUT2D eigenvalue weighted by Gasteiger charge is 2.23. The van der Waals surface area contributed by atoms with E-state index in [0.717, 1.165) is 29.8 Å². The van der Waals surface area contributed by atoms with Gasteiger partial charge in [0.25, 0.3) is 5.91 Å². The molecule has 1 saturated heterocycles. The Bertz CT molecular complexity index is 1480. The number of benzene rings is 3. The molecule has 1 aliphatic heterocycles. The summed E-state index contributed by atoms with van der Waals surface area (Å²) in [5, 5.41) is 9.85. The van der Waals surface area contributed by atoms with E-state index in [1.54, 1.807) is 18.2 Å². The number of rotatable bonds is 8. The summed E-state index contributed by atoms with van der Waals surface area (Å²) in [6.45, 7) is 3.88. The summed E-state index contributed by atoms with van der Waals surface area (Å²) in [5.74, 6) is -0.826. The monoisotopic (exact) mass is 515 g/mol. The van der Waals surface area contributed by atoms with Crippen LogP contribution in [-0.4, -0.2) is 53.8 Å². The molecule has 196 valence electrons. The van der Waals surface area contributed by atoms with Crippen molar-refractivity contribution in [2.45, 2.75) is 19.5 Å². The second-order valence-electron chi connectivity index (χ2n) is 9.46. The van der Waals surface area contributed by atoms with Crippen LogP contribution in [0.3, 0.4) is 0 Å². The number of fused-ring (bicyclic) bond motifs is 1. The molecular formula is C30H30FN3O4. The van der Waals surface area contributed by atoms with Gasteiger partial charge in [-0.25, -0.2) is 4.39 Å². The second kappa shape index (κ2) is 11.7. The van der Waals surface area contributed by atoms with Gasteiger partial charge in [-0.3, -0.25) is 14.5 Å². The van der Waals surface area contributed by atoms with E-state index < -0.39 is 5.91 Å². The maximum Gasteiger partial charge on any atom is 0.264 e. The predicted octanol–water partition coefficient (Wildman–Crippen LogP) is 3.88. The minimum atomic E-state index is -0.461. The number of aromatic nitrogens is 1. The van der Waals surface area contributed by atoms with E-state index in [-0.39, 0.29) is 30.0 Å². The second-order valence-corrected chi connectivity index (χ2v) is 9.46. The highest BCUT2D eigenvalue weighted by molar-refractivity contribution is 6.07. The number of amides is 1. The molecule has 1 amide bonds. The first kappa shape index (κ1) is 25.8. The average Bonchev–Trinajstić information content (AvgIpc) is 2.94. The molecule has 5 rings (SSSR count). The van der Waals surface area contributed by atoms with E-state index in [9.17, 15) is 19.1 Å². The molecule has 0 radical (unpaired) electrons. The molecule has 0 atom stereocenters. The van der Waals surface area contributed by atoms with Crippen molar-refractivity contribution in [2.24, 2.45) is 0 Å². The minimum absolute atomic E-state index is 0.0213. The Labute approximate surface area is 220 Å². The van der Waals surface area contributed by atoms with E-state index in [2.05, 4.69) is 9.88 Å². The molecule has 2 N–H and O–H groups in total. The first-order chi connectivity index (χ1) is 18.5. The van der Waals surface area contributed by atoms with Crippen LogP contribution in [0.1, 0.15) is 27.0 Å². The van der Waals surface area contributed by atoms with Gasteiger partial charge in [0.15, 0.2) is 0 Å². The first-order valence-corrected chi connectivity index (χ1v) is 12.7. The Balaban J connectivity index is 1.51. The Hall–Kier alpha value is -3.85. The van der Waals surface area contributed by atoms with Crippen LogP contribution in [-0.2, 0) is 24.2 Å². The van der Waals surface area contributed by atoms with E-state index in [1.165, 1.54) is 23.2 Å². The minimum Gasteiger partial charge on any atom is -0.396 e. The summed E-state index contributed by atoms with van der Waals surface area (Å²) in [6.07, 6.45) is 1.90. The zero-order valence-electron chi connectivity index (χ0n) is 21.0.